The molecule has 0 N–H and O–H groups in total. The molecule has 0 spiro atoms. The summed E-state index contributed by atoms with van der Waals surface area (Å²) in [6, 6.07) is 13.5. The number of pyridine rings is 1. The van der Waals surface area contributed by atoms with Crippen molar-refractivity contribution in [3.05, 3.63) is 65.3 Å². The Kier molecular flexibility index (Phi) is 5.15. The van der Waals surface area contributed by atoms with Crippen LogP contribution >= 0.6 is 23.4 Å². The standard InChI is InChI=1S/C17H14Cl2N2O3S/c1-24-17-15(9-6-13-3-2-10-20-16(13)17)25(22,23)21(19)11-12-4-7-14(18)8-5-12/h2-10H,11H2,1H3. The minimum absolute atomic E-state index is 0.00946. The molecule has 0 saturated carbocycles. The van der Waals surface area contributed by atoms with Gasteiger partial charge in [0.05, 0.1) is 13.7 Å². The molecule has 3 rings (SSSR count). The van der Waals surface area contributed by atoms with Gasteiger partial charge in [-0.05, 0) is 41.6 Å². The zero-order chi connectivity index (χ0) is 18.0. The van der Waals surface area contributed by atoms with Crippen LogP contribution in [0, 0.1) is 0 Å². The molecule has 0 radical (unpaired) electrons. The van der Waals surface area contributed by atoms with E-state index in [1.54, 1.807) is 42.6 Å². The molecule has 25 heavy (non-hydrogen) atoms. The van der Waals surface area contributed by atoms with Crippen molar-refractivity contribution in [2.24, 2.45) is 0 Å². The van der Waals surface area contributed by atoms with Crippen molar-refractivity contribution < 1.29 is 13.2 Å². The van der Waals surface area contributed by atoms with E-state index in [0.717, 1.165) is 9.21 Å². The van der Waals surface area contributed by atoms with Crippen molar-refractivity contribution in [3.63, 3.8) is 0 Å². The summed E-state index contributed by atoms with van der Waals surface area (Å²) < 4.78 is 31.8. The van der Waals surface area contributed by atoms with Crippen LogP contribution in [0.5, 0.6) is 5.75 Å². The molecule has 0 fully saturated rings. The highest BCUT2D eigenvalue weighted by atomic mass is 35.5. The Hall–Kier alpha value is -1.86. The zero-order valence-corrected chi connectivity index (χ0v) is 15.5. The molecule has 1 heterocycles. The van der Waals surface area contributed by atoms with Gasteiger partial charge in [0.15, 0.2) is 5.75 Å². The van der Waals surface area contributed by atoms with Crippen molar-refractivity contribution in [3.8, 4) is 5.75 Å². The highest BCUT2D eigenvalue weighted by Crippen LogP contribution is 2.34. The molecule has 0 atom stereocenters. The maximum Gasteiger partial charge on any atom is 0.260 e. The zero-order valence-electron chi connectivity index (χ0n) is 13.2. The van der Waals surface area contributed by atoms with Gasteiger partial charge in [-0.15, -0.1) is 3.82 Å². The second-order valence-electron chi connectivity index (χ2n) is 5.25. The topological polar surface area (TPSA) is 59.5 Å². The lowest BCUT2D eigenvalue weighted by Crippen LogP contribution is -2.22. The predicted molar refractivity (Wildman–Crippen MR) is 98.3 cm³/mol. The molecule has 5 nitrogen and oxygen atoms in total. The Morgan fingerprint density at radius 3 is 2.52 bits per heavy atom. The molecular weight excluding hydrogens is 383 g/mol. The van der Waals surface area contributed by atoms with Crippen LogP contribution in [0.4, 0.5) is 0 Å². The van der Waals surface area contributed by atoms with Gasteiger partial charge in [-0.2, -0.15) is 0 Å². The SMILES string of the molecule is COc1c(S(=O)(=O)N(Cl)Cc2ccc(Cl)cc2)ccc2cccnc12. The molecule has 0 aliphatic heterocycles. The summed E-state index contributed by atoms with van der Waals surface area (Å²) in [5.41, 5.74) is 1.17. The van der Waals surface area contributed by atoms with Gasteiger partial charge >= 0.3 is 0 Å². The van der Waals surface area contributed by atoms with E-state index in [1.165, 1.54) is 13.2 Å². The van der Waals surface area contributed by atoms with Crippen LogP contribution in [0.1, 0.15) is 5.56 Å². The van der Waals surface area contributed by atoms with Crippen molar-refractivity contribution in [1.82, 2.24) is 8.81 Å². The Labute approximate surface area is 155 Å². The van der Waals surface area contributed by atoms with Gasteiger partial charge in [-0.25, -0.2) is 8.42 Å². The number of hydrogen-bond acceptors (Lipinski definition) is 4. The third-order valence-corrected chi connectivity index (χ3v) is 6.10. The minimum Gasteiger partial charge on any atom is -0.493 e. The fourth-order valence-corrected chi connectivity index (χ4v) is 4.10. The molecule has 0 unspecified atom stereocenters. The summed E-state index contributed by atoms with van der Waals surface area (Å²) in [5.74, 6) is 0.167. The number of aromatic nitrogens is 1. The molecule has 3 aromatic rings. The van der Waals surface area contributed by atoms with Crippen LogP contribution in [-0.4, -0.2) is 24.3 Å². The number of methoxy groups -OCH3 is 1. The highest BCUT2D eigenvalue weighted by Gasteiger charge is 2.28. The second kappa shape index (κ2) is 7.17. The fraction of sp³-hybridized carbons (Fsp3) is 0.118. The maximum absolute atomic E-state index is 12.9. The number of ether oxygens (including phenoxy) is 1. The normalized spacial score (nSPS) is 11.8. The van der Waals surface area contributed by atoms with Crippen molar-refractivity contribution >= 4 is 44.3 Å². The Morgan fingerprint density at radius 1 is 1.12 bits per heavy atom. The van der Waals surface area contributed by atoms with Crippen LogP contribution < -0.4 is 4.74 Å². The average Bonchev–Trinajstić information content (AvgIpc) is 2.62. The van der Waals surface area contributed by atoms with E-state index in [1.807, 2.05) is 6.07 Å². The number of hydrogen-bond donors (Lipinski definition) is 0. The Bertz CT molecular complexity index is 1010. The van der Waals surface area contributed by atoms with Gasteiger partial charge < -0.3 is 4.74 Å². The summed E-state index contributed by atoms with van der Waals surface area (Å²) in [6.45, 7) is -0.00946. The van der Waals surface area contributed by atoms with Gasteiger partial charge in [-0.3, -0.25) is 4.98 Å². The molecule has 0 aliphatic rings. The fourth-order valence-electron chi connectivity index (χ4n) is 2.43. The van der Waals surface area contributed by atoms with E-state index in [9.17, 15) is 8.42 Å². The number of nitrogens with zero attached hydrogens (tertiary/aromatic N) is 2. The quantitative estimate of drug-likeness (QED) is 0.605. The number of rotatable bonds is 5. The number of fused-ring (bicyclic) bond motifs is 1. The molecule has 0 bridgehead atoms. The largest absolute Gasteiger partial charge is 0.493 e. The first-order valence-corrected chi connectivity index (χ1v) is 9.44. The lowest BCUT2D eigenvalue weighted by Gasteiger charge is -2.17. The van der Waals surface area contributed by atoms with Crippen LogP contribution in [0.25, 0.3) is 10.9 Å². The summed E-state index contributed by atoms with van der Waals surface area (Å²) >= 11 is 11.9. The molecule has 8 heteroatoms. The summed E-state index contributed by atoms with van der Waals surface area (Å²) in [7, 11) is -2.58. The third kappa shape index (κ3) is 3.57. The van der Waals surface area contributed by atoms with Gasteiger partial charge in [0.25, 0.3) is 10.0 Å². The van der Waals surface area contributed by atoms with Crippen LogP contribution in [0.2, 0.25) is 5.02 Å². The Morgan fingerprint density at radius 2 is 1.84 bits per heavy atom. The lowest BCUT2D eigenvalue weighted by molar-refractivity contribution is 0.405. The van der Waals surface area contributed by atoms with Gasteiger partial charge in [0.2, 0.25) is 0 Å². The van der Waals surface area contributed by atoms with Crippen molar-refractivity contribution in [2.45, 2.75) is 11.4 Å². The highest BCUT2D eigenvalue weighted by molar-refractivity contribution is 7.90. The summed E-state index contributed by atoms with van der Waals surface area (Å²) in [4.78, 5) is 4.18. The first-order chi connectivity index (χ1) is 11.9. The van der Waals surface area contributed by atoms with Gasteiger partial charge in [0, 0.05) is 16.6 Å². The van der Waals surface area contributed by atoms with Crippen LogP contribution in [0.3, 0.4) is 0 Å². The molecular formula is C17H14Cl2N2O3S. The average molecular weight is 397 g/mol. The van der Waals surface area contributed by atoms with Gasteiger partial charge in [-0.1, -0.05) is 35.9 Å². The van der Waals surface area contributed by atoms with E-state index in [-0.39, 0.29) is 17.2 Å². The first kappa shape index (κ1) is 17.9. The first-order valence-electron chi connectivity index (χ1n) is 7.28. The number of benzene rings is 2. The molecule has 0 amide bonds. The molecule has 130 valence electrons. The summed E-state index contributed by atoms with van der Waals surface area (Å²) in [5, 5.41) is 1.34. The van der Waals surface area contributed by atoms with E-state index in [0.29, 0.717) is 16.1 Å². The third-order valence-electron chi connectivity index (χ3n) is 3.66. The van der Waals surface area contributed by atoms with Crippen LogP contribution in [-0.2, 0) is 16.6 Å². The van der Waals surface area contributed by atoms with Gasteiger partial charge in [0.1, 0.15) is 10.4 Å². The second-order valence-corrected chi connectivity index (χ2v) is 8.13. The molecule has 1 aromatic heterocycles. The van der Waals surface area contributed by atoms with Crippen molar-refractivity contribution in [2.75, 3.05) is 7.11 Å². The number of sulfonamides is 1. The Balaban J connectivity index is 2.01. The molecule has 0 saturated heterocycles. The molecule has 0 aliphatic carbocycles. The van der Waals surface area contributed by atoms with E-state index in [2.05, 4.69) is 4.98 Å². The van der Waals surface area contributed by atoms with E-state index in [4.69, 9.17) is 28.1 Å². The van der Waals surface area contributed by atoms with Crippen LogP contribution in [0.15, 0.2) is 59.6 Å². The monoisotopic (exact) mass is 396 g/mol. The number of halogens is 2. The predicted octanol–water partition coefficient (Wildman–Crippen LogP) is 4.24. The van der Waals surface area contributed by atoms with Crippen molar-refractivity contribution in [1.29, 1.82) is 0 Å². The molecule has 2 aromatic carbocycles. The maximum atomic E-state index is 12.9. The minimum atomic E-state index is -3.98. The van der Waals surface area contributed by atoms with E-state index < -0.39 is 10.0 Å². The lowest BCUT2D eigenvalue weighted by atomic mass is 10.2. The smallest absolute Gasteiger partial charge is 0.260 e. The summed E-state index contributed by atoms with van der Waals surface area (Å²) in [6.07, 6.45) is 1.58. The van der Waals surface area contributed by atoms with E-state index >= 15 is 0 Å².